The van der Waals surface area contributed by atoms with Gasteiger partial charge in [0.1, 0.15) is 16.8 Å². The van der Waals surface area contributed by atoms with E-state index >= 15 is 0 Å². The summed E-state index contributed by atoms with van der Waals surface area (Å²) in [7, 11) is 1.56. The molecular formula is C17H25N5O2. The lowest BCUT2D eigenvalue weighted by atomic mass is 10.1. The number of nitrogens with one attached hydrogen (secondary N) is 2. The van der Waals surface area contributed by atoms with Gasteiger partial charge in [0.25, 0.3) is 5.91 Å². The second-order valence-electron chi connectivity index (χ2n) is 6.21. The average Bonchev–Trinajstić information content (AvgIpc) is 2.94. The van der Waals surface area contributed by atoms with Crippen molar-refractivity contribution in [2.75, 3.05) is 26.7 Å². The smallest absolute Gasteiger partial charge is 0.255 e. The Morgan fingerprint density at radius 1 is 1.33 bits per heavy atom. The Hall–Kier alpha value is -2.15. The number of amides is 1. The third-order valence-corrected chi connectivity index (χ3v) is 4.79. The summed E-state index contributed by atoms with van der Waals surface area (Å²) < 4.78 is 5.35. The van der Waals surface area contributed by atoms with E-state index in [0.717, 1.165) is 19.5 Å². The fraction of sp³-hybridized carbons (Fsp3) is 0.588. The highest BCUT2D eigenvalue weighted by Gasteiger charge is 2.21. The number of fused-ring (bicyclic) bond motifs is 1. The van der Waals surface area contributed by atoms with E-state index in [2.05, 4.69) is 32.6 Å². The molecule has 1 amide bonds. The minimum Gasteiger partial charge on any atom is -0.496 e. The Bertz CT molecular complexity index is 699. The predicted octanol–water partition coefficient (Wildman–Crippen LogP) is 1.96. The molecular weight excluding hydrogens is 306 g/mol. The van der Waals surface area contributed by atoms with Crippen molar-refractivity contribution in [3.8, 4) is 5.75 Å². The van der Waals surface area contributed by atoms with Crippen LogP contribution in [0.2, 0.25) is 0 Å². The van der Waals surface area contributed by atoms with Crippen LogP contribution in [0.15, 0.2) is 12.1 Å². The van der Waals surface area contributed by atoms with E-state index in [9.17, 15) is 4.79 Å². The lowest BCUT2D eigenvalue weighted by Crippen LogP contribution is -2.43. The first kappa shape index (κ1) is 16.7. The summed E-state index contributed by atoms with van der Waals surface area (Å²) in [5, 5.41) is 13.7. The number of likely N-dealkylation sites (tertiary alicyclic amines) is 1. The van der Waals surface area contributed by atoms with Crippen LogP contribution >= 0.6 is 0 Å². The normalized spacial score (nSPS) is 19.2. The van der Waals surface area contributed by atoms with Crippen LogP contribution in [0, 0.1) is 0 Å². The minimum absolute atomic E-state index is 0.128. The van der Waals surface area contributed by atoms with E-state index in [-0.39, 0.29) is 5.91 Å². The van der Waals surface area contributed by atoms with Crippen LogP contribution < -0.4 is 10.1 Å². The summed E-state index contributed by atoms with van der Waals surface area (Å²) in [6, 6.07) is 3.86. The monoisotopic (exact) mass is 331 g/mol. The molecule has 0 saturated carbocycles. The standard InChI is InChI=1S/C17H25N5O2/c1-3-22-8-6-4-5-7-12(22)11-18-17(23)13-9-14-15(20-21-19-14)10-16(13)24-2/h9-10,12H,3-8,11H2,1-2H3,(H,18,23)(H,19,20,21). The number of benzene rings is 1. The fourth-order valence-corrected chi connectivity index (χ4v) is 3.41. The van der Waals surface area contributed by atoms with Gasteiger partial charge >= 0.3 is 0 Å². The Kier molecular flexibility index (Phi) is 5.30. The Labute approximate surface area is 141 Å². The molecule has 1 atom stereocenters. The maximum Gasteiger partial charge on any atom is 0.255 e. The van der Waals surface area contributed by atoms with Crippen molar-refractivity contribution < 1.29 is 9.53 Å². The molecule has 1 saturated heterocycles. The molecule has 1 fully saturated rings. The lowest BCUT2D eigenvalue weighted by Gasteiger charge is -2.28. The van der Waals surface area contributed by atoms with Gasteiger partial charge in [0.2, 0.25) is 0 Å². The highest BCUT2D eigenvalue weighted by Crippen LogP contribution is 2.23. The molecule has 1 aromatic carbocycles. The van der Waals surface area contributed by atoms with Gasteiger partial charge in [-0.3, -0.25) is 9.69 Å². The first-order valence-electron chi connectivity index (χ1n) is 8.63. The molecule has 0 bridgehead atoms. The van der Waals surface area contributed by atoms with E-state index in [1.54, 1.807) is 19.2 Å². The predicted molar refractivity (Wildman–Crippen MR) is 92.3 cm³/mol. The van der Waals surface area contributed by atoms with Crippen LogP contribution in [0.3, 0.4) is 0 Å². The molecule has 2 N–H and O–H groups in total. The van der Waals surface area contributed by atoms with Gasteiger partial charge in [-0.15, -0.1) is 0 Å². The second-order valence-corrected chi connectivity index (χ2v) is 6.21. The zero-order valence-electron chi connectivity index (χ0n) is 14.3. The van der Waals surface area contributed by atoms with Gasteiger partial charge in [-0.25, -0.2) is 0 Å². The van der Waals surface area contributed by atoms with E-state index < -0.39 is 0 Å². The largest absolute Gasteiger partial charge is 0.496 e. The summed E-state index contributed by atoms with van der Waals surface area (Å²) in [5.74, 6) is 0.388. The summed E-state index contributed by atoms with van der Waals surface area (Å²) in [6.45, 7) is 4.98. The van der Waals surface area contributed by atoms with Gasteiger partial charge in [-0.05, 0) is 32.0 Å². The summed E-state index contributed by atoms with van der Waals surface area (Å²) in [4.78, 5) is 15.1. The van der Waals surface area contributed by atoms with E-state index in [1.165, 1.54) is 19.3 Å². The molecule has 24 heavy (non-hydrogen) atoms. The molecule has 7 nitrogen and oxygen atoms in total. The van der Waals surface area contributed by atoms with E-state index in [1.807, 2.05) is 0 Å². The number of rotatable bonds is 5. The maximum absolute atomic E-state index is 12.6. The van der Waals surface area contributed by atoms with Gasteiger partial charge < -0.3 is 10.1 Å². The van der Waals surface area contributed by atoms with Crippen molar-refractivity contribution in [3.63, 3.8) is 0 Å². The number of carbonyl (C=O) groups is 1. The van der Waals surface area contributed by atoms with Crippen LogP contribution in [0.5, 0.6) is 5.75 Å². The van der Waals surface area contributed by atoms with Crippen LogP contribution in [-0.2, 0) is 0 Å². The fourth-order valence-electron chi connectivity index (χ4n) is 3.41. The molecule has 130 valence electrons. The highest BCUT2D eigenvalue weighted by atomic mass is 16.5. The number of carbonyl (C=O) groups excluding carboxylic acids is 1. The first-order chi connectivity index (χ1) is 11.7. The molecule has 2 heterocycles. The molecule has 3 rings (SSSR count). The number of ether oxygens (including phenoxy) is 1. The number of nitrogens with zero attached hydrogens (tertiary/aromatic N) is 3. The third kappa shape index (κ3) is 3.51. The van der Waals surface area contributed by atoms with Crippen LogP contribution in [0.4, 0.5) is 0 Å². The summed E-state index contributed by atoms with van der Waals surface area (Å²) >= 11 is 0. The van der Waals surface area contributed by atoms with Gasteiger partial charge in [0.05, 0.1) is 12.7 Å². The average molecular weight is 331 g/mol. The summed E-state index contributed by atoms with van der Waals surface area (Å²) in [6.07, 6.45) is 4.88. The number of methoxy groups -OCH3 is 1. The topological polar surface area (TPSA) is 83.1 Å². The zero-order chi connectivity index (χ0) is 16.9. The van der Waals surface area contributed by atoms with Crippen molar-refractivity contribution in [2.24, 2.45) is 0 Å². The van der Waals surface area contributed by atoms with Gasteiger partial charge in [-0.1, -0.05) is 19.8 Å². The number of H-pyrrole nitrogens is 1. The van der Waals surface area contributed by atoms with E-state index in [0.29, 0.717) is 34.9 Å². The molecule has 0 aliphatic carbocycles. The van der Waals surface area contributed by atoms with Crippen LogP contribution in [-0.4, -0.2) is 59.0 Å². The molecule has 7 heteroatoms. The quantitative estimate of drug-likeness (QED) is 0.875. The first-order valence-corrected chi connectivity index (χ1v) is 8.63. The van der Waals surface area contributed by atoms with Crippen molar-refractivity contribution >= 4 is 16.9 Å². The lowest BCUT2D eigenvalue weighted by molar-refractivity contribution is 0.0931. The Morgan fingerprint density at radius 2 is 2.12 bits per heavy atom. The van der Waals surface area contributed by atoms with E-state index in [4.69, 9.17) is 4.74 Å². The maximum atomic E-state index is 12.6. The molecule has 0 radical (unpaired) electrons. The van der Waals surface area contributed by atoms with Gasteiger partial charge in [-0.2, -0.15) is 15.4 Å². The van der Waals surface area contributed by atoms with Crippen LogP contribution in [0.1, 0.15) is 43.0 Å². The highest BCUT2D eigenvalue weighted by molar-refractivity contribution is 6.00. The molecule has 1 aliphatic heterocycles. The van der Waals surface area contributed by atoms with Crippen molar-refractivity contribution in [1.82, 2.24) is 25.6 Å². The van der Waals surface area contributed by atoms with Crippen LogP contribution in [0.25, 0.3) is 11.0 Å². The third-order valence-electron chi connectivity index (χ3n) is 4.79. The number of aromatic amines is 1. The van der Waals surface area contributed by atoms with Gasteiger partial charge in [0.15, 0.2) is 0 Å². The number of hydrogen-bond donors (Lipinski definition) is 2. The number of likely N-dealkylation sites (N-methyl/N-ethyl adjacent to an activating group) is 1. The van der Waals surface area contributed by atoms with Crippen molar-refractivity contribution in [1.29, 1.82) is 0 Å². The molecule has 1 aliphatic rings. The molecule has 2 aromatic rings. The Balaban J connectivity index is 1.72. The second kappa shape index (κ2) is 7.61. The molecule has 1 unspecified atom stereocenters. The number of aromatic nitrogens is 3. The molecule has 1 aromatic heterocycles. The SMILES string of the molecule is CCN1CCCCCC1CNC(=O)c1cc2n[nH]nc2cc1OC. The Morgan fingerprint density at radius 3 is 2.88 bits per heavy atom. The van der Waals surface area contributed by atoms with Crippen molar-refractivity contribution in [3.05, 3.63) is 17.7 Å². The van der Waals surface area contributed by atoms with Gasteiger partial charge in [0, 0.05) is 18.7 Å². The minimum atomic E-state index is -0.128. The molecule has 0 spiro atoms. The number of hydrogen-bond acceptors (Lipinski definition) is 5. The van der Waals surface area contributed by atoms with Crippen molar-refractivity contribution in [2.45, 2.75) is 38.6 Å². The zero-order valence-corrected chi connectivity index (χ0v) is 14.3. The summed E-state index contributed by atoms with van der Waals surface area (Å²) in [5.41, 5.74) is 1.84.